The fourth-order valence-corrected chi connectivity index (χ4v) is 4.49. The number of hydrogen-bond donors (Lipinski definition) is 0. The molecule has 3 rings (SSSR count). The van der Waals surface area contributed by atoms with E-state index in [0.29, 0.717) is 26.1 Å². The molecule has 3 aromatic rings. The first-order chi connectivity index (χ1) is 9.48. The van der Waals surface area contributed by atoms with Crippen LogP contribution in [0.15, 0.2) is 54.6 Å². The molecule has 0 aliphatic carbocycles. The van der Waals surface area contributed by atoms with Gasteiger partial charge in [-0.1, -0.05) is 30.3 Å². The third-order valence-corrected chi connectivity index (χ3v) is 5.46. The molecule has 0 saturated carbocycles. The molecule has 4 heteroatoms. The Kier molecular flexibility index (Phi) is 3.05. The molecule has 0 aliphatic heterocycles. The third kappa shape index (κ3) is 2.10. The van der Waals surface area contributed by atoms with E-state index < -0.39 is 16.0 Å². The standard InChI is InChI=1S/C16H12F3S/c1-11-6-5-9-13-10-14(12-7-3-2-4-8-12)20(15(11)13)16(17,18)19/h2-10H,1H3/q+1. The number of aryl methyl sites for hydroxylation is 1. The van der Waals surface area contributed by atoms with Crippen molar-refractivity contribution in [2.24, 2.45) is 0 Å². The summed E-state index contributed by atoms with van der Waals surface area (Å²) in [6.07, 6.45) is 0. The van der Waals surface area contributed by atoms with Crippen LogP contribution in [-0.2, 0) is 5.51 Å². The summed E-state index contributed by atoms with van der Waals surface area (Å²) in [5, 5.41) is 0.685. The van der Waals surface area contributed by atoms with Crippen LogP contribution in [-0.4, -0.2) is 0 Å². The number of thiophene rings is 1. The van der Waals surface area contributed by atoms with E-state index >= 15 is 0 Å². The Bertz CT molecular complexity index is 754. The zero-order valence-corrected chi connectivity index (χ0v) is 11.6. The summed E-state index contributed by atoms with van der Waals surface area (Å²) >= 11 is 0. The van der Waals surface area contributed by atoms with Crippen LogP contribution in [0.3, 0.4) is 0 Å². The second kappa shape index (κ2) is 4.63. The first-order valence-electron chi connectivity index (χ1n) is 6.16. The van der Waals surface area contributed by atoms with Gasteiger partial charge in [0, 0.05) is 22.6 Å². The molecule has 1 aromatic heterocycles. The van der Waals surface area contributed by atoms with E-state index in [1.165, 1.54) is 0 Å². The molecule has 1 unspecified atom stereocenters. The van der Waals surface area contributed by atoms with Gasteiger partial charge in [0.15, 0.2) is 9.58 Å². The summed E-state index contributed by atoms with van der Waals surface area (Å²) in [5.74, 6) is 0. The summed E-state index contributed by atoms with van der Waals surface area (Å²) in [6, 6.07) is 15.8. The summed E-state index contributed by atoms with van der Waals surface area (Å²) in [4.78, 5) is 0.363. The maximum absolute atomic E-state index is 13.5. The van der Waals surface area contributed by atoms with E-state index in [-0.39, 0.29) is 0 Å². The maximum Gasteiger partial charge on any atom is 0.601 e. The summed E-state index contributed by atoms with van der Waals surface area (Å²) in [5.41, 5.74) is -2.91. The monoisotopic (exact) mass is 293 g/mol. The average molecular weight is 293 g/mol. The van der Waals surface area contributed by atoms with Gasteiger partial charge in [-0.2, -0.15) is 0 Å². The first-order valence-corrected chi connectivity index (χ1v) is 7.39. The van der Waals surface area contributed by atoms with E-state index in [9.17, 15) is 13.2 Å². The molecule has 0 radical (unpaired) electrons. The molecular weight excluding hydrogens is 281 g/mol. The zero-order valence-electron chi connectivity index (χ0n) is 10.7. The minimum absolute atomic E-state index is 0.363. The lowest BCUT2D eigenvalue weighted by Gasteiger charge is -2.01. The van der Waals surface area contributed by atoms with Gasteiger partial charge in [0.1, 0.15) is 10.5 Å². The largest absolute Gasteiger partial charge is 0.601 e. The van der Waals surface area contributed by atoms with Crippen LogP contribution < -0.4 is 0 Å². The fraction of sp³-hybridized carbons (Fsp3) is 0.125. The van der Waals surface area contributed by atoms with Gasteiger partial charge in [0.25, 0.3) is 0 Å². The Balaban J connectivity index is 2.41. The summed E-state index contributed by atoms with van der Waals surface area (Å²) < 4.78 is 41.0. The molecule has 0 nitrogen and oxygen atoms in total. The van der Waals surface area contributed by atoms with Gasteiger partial charge in [-0.3, -0.25) is 0 Å². The van der Waals surface area contributed by atoms with E-state index in [0.717, 1.165) is 0 Å². The van der Waals surface area contributed by atoms with Crippen LogP contribution in [0.25, 0.3) is 20.5 Å². The van der Waals surface area contributed by atoms with Crippen molar-refractivity contribution in [2.45, 2.75) is 12.4 Å². The van der Waals surface area contributed by atoms with Crippen LogP contribution in [0.5, 0.6) is 0 Å². The zero-order chi connectivity index (χ0) is 14.3. The second-order valence-electron chi connectivity index (χ2n) is 4.62. The molecule has 0 saturated heterocycles. The van der Waals surface area contributed by atoms with Crippen LogP contribution in [0.2, 0.25) is 0 Å². The molecule has 102 valence electrons. The Morgan fingerprint density at radius 2 is 1.60 bits per heavy atom. The number of hydrogen-bond acceptors (Lipinski definition) is 0. The van der Waals surface area contributed by atoms with Crippen LogP contribution in [0.1, 0.15) is 5.56 Å². The van der Waals surface area contributed by atoms with Crippen molar-refractivity contribution in [1.82, 2.24) is 0 Å². The number of fused-ring (bicyclic) bond motifs is 1. The molecule has 2 aromatic carbocycles. The maximum atomic E-state index is 13.5. The third-order valence-electron chi connectivity index (χ3n) is 3.24. The first kappa shape index (κ1) is 13.2. The molecule has 0 spiro atoms. The summed E-state index contributed by atoms with van der Waals surface area (Å²) in [6.45, 7) is 1.74. The van der Waals surface area contributed by atoms with Crippen molar-refractivity contribution in [3.05, 3.63) is 60.2 Å². The normalized spacial score (nSPS) is 12.9. The van der Waals surface area contributed by atoms with Crippen LogP contribution in [0, 0.1) is 6.92 Å². The van der Waals surface area contributed by atoms with Gasteiger partial charge < -0.3 is 0 Å². The lowest BCUT2D eigenvalue weighted by atomic mass is 10.1. The van der Waals surface area contributed by atoms with Gasteiger partial charge in [-0.15, -0.1) is 13.2 Å². The summed E-state index contributed by atoms with van der Waals surface area (Å²) in [7, 11) is -1.86. The van der Waals surface area contributed by atoms with Crippen LogP contribution in [0.4, 0.5) is 13.2 Å². The van der Waals surface area contributed by atoms with E-state index in [2.05, 4.69) is 0 Å². The van der Waals surface area contributed by atoms with Crippen molar-refractivity contribution >= 4 is 20.6 Å². The van der Waals surface area contributed by atoms with Crippen molar-refractivity contribution in [2.75, 3.05) is 0 Å². The number of halogens is 3. The molecule has 1 atom stereocenters. The highest BCUT2D eigenvalue weighted by molar-refractivity contribution is 7.41. The highest BCUT2D eigenvalue weighted by Crippen LogP contribution is 2.55. The highest BCUT2D eigenvalue weighted by atomic mass is 32.2. The predicted molar refractivity (Wildman–Crippen MR) is 77.9 cm³/mol. The van der Waals surface area contributed by atoms with Crippen LogP contribution >= 0.6 is 10.5 Å². The average Bonchev–Trinajstić information content (AvgIpc) is 2.80. The van der Waals surface area contributed by atoms with E-state index in [4.69, 9.17) is 0 Å². The van der Waals surface area contributed by atoms with Gasteiger partial charge in [-0.25, -0.2) is 0 Å². The van der Waals surface area contributed by atoms with Gasteiger partial charge in [-0.05, 0) is 25.1 Å². The quantitative estimate of drug-likeness (QED) is 0.480. The lowest BCUT2D eigenvalue weighted by molar-refractivity contribution is -0.0864. The molecule has 20 heavy (non-hydrogen) atoms. The minimum Gasteiger partial charge on any atom is -0.118 e. The van der Waals surface area contributed by atoms with E-state index in [1.807, 2.05) is 6.07 Å². The molecule has 0 N–H and O–H groups in total. The molecule has 1 heterocycles. The van der Waals surface area contributed by atoms with Crippen molar-refractivity contribution in [3.8, 4) is 10.4 Å². The SMILES string of the molecule is Cc1cccc2cc(-c3ccccc3)[s+](C(F)(F)F)c12. The minimum atomic E-state index is -4.25. The Morgan fingerprint density at radius 1 is 0.900 bits per heavy atom. The molecule has 0 fully saturated rings. The van der Waals surface area contributed by atoms with E-state index in [1.54, 1.807) is 55.5 Å². The molecule has 0 aliphatic rings. The topological polar surface area (TPSA) is 0 Å². The Morgan fingerprint density at radius 3 is 2.25 bits per heavy atom. The smallest absolute Gasteiger partial charge is 0.118 e. The van der Waals surface area contributed by atoms with Gasteiger partial charge in [0.2, 0.25) is 0 Å². The van der Waals surface area contributed by atoms with Crippen molar-refractivity contribution in [3.63, 3.8) is 0 Å². The fourth-order valence-electron chi connectivity index (χ4n) is 2.42. The van der Waals surface area contributed by atoms with Gasteiger partial charge in [0.05, 0.1) is 0 Å². The highest BCUT2D eigenvalue weighted by Gasteiger charge is 2.48. The molecule has 0 bridgehead atoms. The molecular formula is C16H12F3S+. The van der Waals surface area contributed by atoms with Crippen molar-refractivity contribution in [1.29, 1.82) is 0 Å². The Hall–Kier alpha value is -1.81. The predicted octanol–water partition coefficient (Wildman–Crippen LogP) is 6.04. The second-order valence-corrected chi connectivity index (χ2v) is 6.54. The lowest BCUT2D eigenvalue weighted by Crippen LogP contribution is -1.97. The van der Waals surface area contributed by atoms with Crippen molar-refractivity contribution < 1.29 is 13.2 Å². The van der Waals surface area contributed by atoms with Gasteiger partial charge >= 0.3 is 5.51 Å². The number of rotatable bonds is 1. The number of benzene rings is 2. The molecule has 0 amide bonds. The Labute approximate surface area is 117 Å². The number of alkyl halides is 3.